The van der Waals surface area contributed by atoms with Gasteiger partial charge in [0.05, 0.1) is 16.6 Å². The third-order valence-corrected chi connectivity index (χ3v) is 3.83. The molecule has 2 N–H and O–H groups in total. The summed E-state index contributed by atoms with van der Waals surface area (Å²) < 4.78 is 0. The van der Waals surface area contributed by atoms with Crippen LogP contribution >= 0.6 is 23.2 Å². The van der Waals surface area contributed by atoms with Gasteiger partial charge in [-0.05, 0) is 17.7 Å². The van der Waals surface area contributed by atoms with Crippen LogP contribution in [0.25, 0.3) is 0 Å². The summed E-state index contributed by atoms with van der Waals surface area (Å²) in [5, 5.41) is 6.52. The van der Waals surface area contributed by atoms with Crippen molar-refractivity contribution in [2.45, 2.75) is 12.6 Å². The van der Waals surface area contributed by atoms with E-state index in [9.17, 15) is 9.59 Å². The lowest BCUT2D eigenvalue weighted by molar-refractivity contribution is -0.134. The molecule has 0 saturated carbocycles. The Morgan fingerprint density at radius 1 is 1.40 bits per heavy atom. The van der Waals surface area contributed by atoms with Gasteiger partial charge in [-0.25, -0.2) is 0 Å². The number of carbonyl (C=O) groups is 2. The molecule has 5 nitrogen and oxygen atoms in total. The monoisotopic (exact) mass is 315 g/mol. The van der Waals surface area contributed by atoms with Gasteiger partial charge < -0.3 is 10.2 Å². The van der Waals surface area contributed by atoms with E-state index < -0.39 is 0 Å². The van der Waals surface area contributed by atoms with Crippen LogP contribution in [-0.2, 0) is 16.1 Å². The zero-order chi connectivity index (χ0) is 14.7. The van der Waals surface area contributed by atoms with E-state index >= 15 is 0 Å². The second-order valence-electron chi connectivity index (χ2n) is 4.68. The van der Waals surface area contributed by atoms with Gasteiger partial charge in [0.15, 0.2) is 0 Å². The van der Waals surface area contributed by atoms with Crippen molar-refractivity contribution in [2.75, 3.05) is 20.1 Å². The van der Waals surface area contributed by atoms with Gasteiger partial charge in [-0.2, -0.15) is 0 Å². The maximum atomic E-state index is 12.2. The summed E-state index contributed by atoms with van der Waals surface area (Å²) in [6, 6.07) is 4.88. The SMILES string of the molecule is CN(Cc1ccc(Cl)c(Cl)c1)C(=O)C1CNC(=O)CN1. The van der Waals surface area contributed by atoms with Crippen LogP contribution in [0.15, 0.2) is 18.2 Å². The Kier molecular flexibility index (Phi) is 4.86. The first kappa shape index (κ1) is 15.1. The Balaban J connectivity index is 1.96. The molecule has 1 atom stereocenters. The molecule has 2 amide bonds. The number of rotatable bonds is 3. The molecule has 0 radical (unpaired) electrons. The highest BCUT2D eigenvalue weighted by Crippen LogP contribution is 2.23. The topological polar surface area (TPSA) is 61.4 Å². The molecule has 1 aromatic carbocycles. The number of piperazine rings is 1. The lowest BCUT2D eigenvalue weighted by atomic mass is 10.1. The van der Waals surface area contributed by atoms with Crippen LogP contribution in [0.4, 0.5) is 0 Å². The van der Waals surface area contributed by atoms with Gasteiger partial charge in [-0.1, -0.05) is 29.3 Å². The summed E-state index contributed by atoms with van der Waals surface area (Å²) in [5.74, 6) is -0.169. The molecule has 0 aliphatic carbocycles. The van der Waals surface area contributed by atoms with Crippen molar-refractivity contribution in [1.29, 1.82) is 0 Å². The highest BCUT2D eigenvalue weighted by molar-refractivity contribution is 6.42. The lowest BCUT2D eigenvalue weighted by Gasteiger charge is -2.27. The minimum absolute atomic E-state index is 0.0731. The predicted octanol–water partition coefficient (Wildman–Crippen LogP) is 1.04. The number of likely N-dealkylation sites (N-methyl/N-ethyl adjacent to an activating group) is 1. The van der Waals surface area contributed by atoms with Crippen molar-refractivity contribution < 1.29 is 9.59 Å². The molecule has 0 spiro atoms. The molecule has 1 heterocycles. The molecule has 1 aliphatic heterocycles. The maximum Gasteiger partial charge on any atom is 0.241 e. The average molecular weight is 316 g/mol. The molecule has 1 aromatic rings. The van der Waals surface area contributed by atoms with E-state index in [-0.39, 0.29) is 24.4 Å². The highest BCUT2D eigenvalue weighted by Gasteiger charge is 2.26. The molecule has 0 bridgehead atoms. The number of nitrogens with one attached hydrogen (secondary N) is 2. The highest BCUT2D eigenvalue weighted by atomic mass is 35.5. The molecular weight excluding hydrogens is 301 g/mol. The number of halogens is 2. The molecule has 1 unspecified atom stereocenters. The van der Waals surface area contributed by atoms with Gasteiger partial charge in [0, 0.05) is 20.1 Å². The van der Waals surface area contributed by atoms with Crippen molar-refractivity contribution in [1.82, 2.24) is 15.5 Å². The Morgan fingerprint density at radius 2 is 2.15 bits per heavy atom. The van der Waals surface area contributed by atoms with E-state index in [2.05, 4.69) is 10.6 Å². The van der Waals surface area contributed by atoms with E-state index in [0.29, 0.717) is 23.1 Å². The molecule has 1 aliphatic rings. The molecule has 108 valence electrons. The van der Waals surface area contributed by atoms with Gasteiger partial charge in [-0.15, -0.1) is 0 Å². The molecule has 0 aromatic heterocycles. The van der Waals surface area contributed by atoms with Crippen LogP contribution in [0.1, 0.15) is 5.56 Å². The van der Waals surface area contributed by atoms with Crippen LogP contribution in [-0.4, -0.2) is 42.9 Å². The average Bonchev–Trinajstić information content (AvgIpc) is 2.43. The second-order valence-corrected chi connectivity index (χ2v) is 5.49. The summed E-state index contributed by atoms with van der Waals surface area (Å²) in [4.78, 5) is 24.8. The Labute approximate surface area is 127 Å². The smallest absolute Gasteiger partial charge is 0.241 e. The summed E-state index contributed by atoms with van der Waals surface area (Å²) in [7, 11) is 1.71. The molecule has 7 heteroatoms. The first-order valence-electron chi connectivity index (χ1n) is 6.16. The molecule has 1 fully saturated rings. The zero-order valence-corrected chi connectivity index (χ0v) is 12.5. The Bertz CT molecular complexity index is 526. The minimum Gasteiger partial charge on any atom is -0.353 e. The van der Waals surface area contributed by atoms with Gasteiger partial charge in [0.1, 0.15) is 6.04 Å². The maximum absolute atomic E-state index is 12.2. The van der Waals surface area contributed by atoms with Crippen molar-refractivity contribution in [3.8, 4) is 0 Å². The number of hydrogen-bond donors (Lipinski definition) is 2. The molecule has 1 saturated heterocycles. The van der Waals surface area contributed by atoms with Crippen molar-refractivity contribution in [2.24, 2.45) is 0 Å². The number of benzene rings is 1. The molecule has 20 heavy (non-hydrogen) atoms. The van der Waals surface area contributed by atoms with Gasteiger partial charge >= 0.3 is 0 Å². The fourth-order valence-electron chi connectivity index (χ4n) is 2.00. The largest absolute Gasteiger partial charge is 0.353 e. The van der Waals surface area contributed by atoms with E-state index in [0.717, 1.165) is 5.56 Å². The summed E-state index contributed by atoms with van der Waals surface area (Å²) in [6.07, 6.45) is 0. The normalized spacial score (nSPS) is 18.6. The number of nitrogens with zero attached hydrogens (tertiary/aromatic N) is 1. The molecule has 2 rings (SSSR count). The number of carbonyl (C=O) groups excluding carboxylic acids is 2. The summed E-state index contributed by atoms with van der Waals surface area (Å²) in [5.41, 5.74) is 0.898. The third-order valence-electron chi connectivity index (χ3n) is 3.09. The van der Waals surface area contributed by atoms with Gasteiger partial charge in [0.25, 0.3) is 0 Å². The molecular formula is C13H15Cl2N3O2. The van der Waals surface area contributed by atoms with Crippen LogP contribution < -0.4 is 10.6 Å². The van der Waals surface area contributed by atoms with Gasteiger partial charge in [-0.3, -0.25) is 14.9 Å². The summed E-state index contributed by atoms with van der Waals surface area (Å²) in [6.45, 7) is 0.905. The number of hydrogen-bond acceptors (Lipinski definition) is 3. The predicted molar refractivity (Wildman–Crippen MR) is 77.7 cm³/mol. The van der Waals surface area contributed by atoms with E-state index in [1.165, 1.54) is 0 Å². The fourth-order valence-corrected chi connectivity index (χ4v) is 2.32. The van der Waals surface area contributed by atoms with E-state index in [1.807, 2.05) is 6.07 Å². The first-order chi connectivity index (χ1) is 9.47. The second kappa shape index (κ2) is 6.43. The van der Waals surface area contributed by atoms with Crippen molar-refractivity contribution in [3.63, 3.8) is 0 Å². The van der Waals surface area contributed by atoms with E-state index in [4.69, 9.17) is 23.2 Å². The zero-order valence-electron chi connectivity index (χ0n) is 11.0. The number of amides is 2. The quantitative estimate of drug-likeness (QED) is 0.876. The third kappa shape index (κ3) is 3.62. The standard InChI is InChI=1S/C13H15Cl2N3O2/c1-18(7-8-2-3-9(14)10(15)4-8)13(20)11-5-17-12(19)6-16-11/h2-4,11,16H,5-7H2,1H3,(H,17,19). The van der Waals surface area contributed by atoms with Crippen LogP contribution in [0.5, 0.6) is 0 Å². The van der Waals surface area contributed by atoms with Crippen molar-refractivity contribution >= 4 is 35.0 Å². The summed E-state index contributed by atoms with van der Waals surface area (Å²) >= 11 is 11.8. The van der Waals surface area contributed by atoms with Crippen LogP contribution in [0, 0.1) is 0 Å². The Hall–Kier alpha value is -1.30. The minimum atomic E-state index is -0.388. The lowest BCUT2D eigenvalue weighted by Crippen LogP contribution is -2.58. The van der Waals surface area contributed by atoms with Gasteiger partial charge in [0.2, 0.25) is 11.8 Å². The van der Waals surface area contributed by atoms with Crippen molar-refractivity contribution in [3.05, 3.63) is 33.8 Å². The fraction of sp³-hybridized carbons (Fsp3) is 0.385. The first-order valence-corrected chi connectivity index (χ1v) is 6.92. The van der Waals surface area contributed by atoms with Crippen LogP contribution in [0.3, 0.4) is 0 Å². The van der Waals surface area contributed by atoms with Crippen LogP contribution in [0.2, 0.25) is 10.0 Å². The van der Waals surface area contributed by atoms with E-state index in [1.54, 1.807) is 24.1 Å². The Morgan fingerprint density at radius 3 is 2.75 bits per heavy atom.